The lowest BCUT2D eigenvalue weighted by molar-refractivity contribution is 0.0975. The van der Waals surface area contributed by atoms with Gasteiger partial charge in [-0.05, 0) is 26.0 Å². The first kappa shape index (κ1) is 7.92. The summed E-state index contributed by atoms with van der Waals surface area (Å²) >= 11 is 0. The van der Waals surface area contributed by atoms with Gasteiger partial charge in [0.05, 0.1) is 0 Å². The fourth-order valence-electron chi connectivity index (χ4n) is 0.861. The van der Waals surface area contributed by atoms with Crippen LogP contribution >= 0.6 is 0 Å². The lowest BCUT2D eigenvalue weighted by Gasteiger charge is -1.94. The molecule has 0 saturated carbocycles. The van der Waals surface area contributed by atoms with E-state index in [1.807, 2.05) is 26.0 Å². The topological polar surface area (TPSA) is 18.5 Å². The summed E-state index contributed by atoms with van der Waals surface area (Å²) in [6.45, 7) is 7.90. The van der Waals surface area contributed by atoms with Crippen LogP contribution < -0.4 is 0 Å². The molecule has 1 aliphatic heterocycles. The zero-order chi connectivity index (χ0) is 8.27. The van der Waals surface area contributed by atoms with Crippen molar-refractivity contribution in [3.63, 3.8) is 0 Å². The van der Waals surface area contributed by atoms with Gasteiger partial charge in [-0.15, -0.1) is 0 Å². The molecule has 1 heterocycles. The highest BCUT2D eigenvalue weighted by atomic mass is 16.7. The van der Waals surface area contributed by atoms with Crippen molar-refractivity contribution in [1.82, 2.24) is 0 Å². The van der Waals surface area contributed by atoms with Gasteiger partial charge in [0.2, 0.25) is 6.79 Å². The molecule has 2 nitrogen and oxygen atoms in total. The minimum Gasteiger partial charge on any atom is -0.454 e. The van der Waals surface area contributed by atoms with Crippen LogP contribution in [-0.2, 0) is 9.47 Å². The number of hydrogen-bond donors (Lipinski definition) is 0. The van der Waals surface area contributed by atoms with E-state index in [0.717, 1.165) is 17.1 Å². The molecule has 0 N–H and O–H groups in total. The van der Waals surface area contributed by atoms with E-state index >= 15 is 0 Å². The SMILES string of the molecule is C=C(C)/C=C1/OCO/C1=C/C. The van der Waals surface area contributed by atoms with Crippen LogP contribution in [-0.4, -0.2) is 6.79 Å². The molecular weight excluding hydrogens is 140 g/mol. The summed E-state index contributed by atoms with van der Waals surface area (Å²) in [5.74, 6) is 1.58. The third-order valence-electron chi connectivity index (χ3n) is 1.31. The average molecular weight is 152 g/mol. The quantitative estimate of drug-likeness (QED) is 0.574. The van der Waals surface area contributed by atoms with E-state index in [2.05, 4.69) is 6.58 Å². The Kier molecular flexibility index (Phi) is 2.36. The maximum absolute atomic E-state index is 5.18. The molecular formula is C9H12O2. The number of allylic oxidation sites excluding steroid dienone is 3. The highest BCUT2D eigenvalue weighted by molar-refractivity contribution is 5.28. The Hall–Kier alpha value is -1.18. The largest absolute Gasteiger partial charge is 0.454 e. The van der Waals surface area contributed by atoms with Gasteiger partial charge in [-0.1, -0.05) is 12.2 Å². The Bertz CT molecular complexity index is 224. The highest BCUT2D eigenvalue weighted by Crippen LogP contribution is 2.21. The van der Waals surface area contributed by atoms with Gasteiger partial charge in [0, 0.05) is 0 Å². The van der Waals surface area contributed by atoms with Gasteiger partial charge in [0.1, 0.15) is 0 Å². The van der Waals surface area contributed by atoms with Crippen LogP contribution in [0, 0.1) is 0 Å². The van der Waals surface area contributed by atoms with Crippen LogP contribution in [0.3, 0.4) is 0 Å². The molecule has 1 aliphatic rings. The molecule has 11 heavy (non-hydrogen) atoms. The summed E-state index contributed by atoms with van der Waals surface area (Å²) in [5.41, 5.74) is 0.963. The van der Waals surface area contributed by atoms with Gasteiger partial charge in [-0.25, -0.2) is 0 Å². The van der Waals surface area contributed by atoms with Crippen molar-refractivity contribution in [2.75, 3.05) is 6.79 Å². The Morgan fingerprint density at radius 3 is 2.64 bits per heavy atom. The van der Waals surface area contributed by atoms with Crippen LogP contribution in [0.4, 0.5) is 0 Å². The van der Waals surface area contributed by atoms with Gasteiger partial charge in [-0.3, -0.25) is 0 Å². The molecule has 0 atom stereocenters. The van der Waals surface area contributed by atoms with Crippen molar-refractivity contribution in [2.24, 2.45) is 0 Å². The first-order valence-electron chi connectivity index (χ1n) is 3.53. The molecule has 0 radical (unpaired) electrons. The molecule has 1 rings (SSSR count). The minimum absolute atomic E-state index is 0.318. The van der Waals surface area contributed by atoms with Crippen molar-refractivity contribution in [3.05, 3.63) is 35.8 Å². The van der Waals surface area contributed by atoms with E-state index in [4.69, 9.17) is 9.47 Å². The van der Waals surface area contributed by atoms with Crippen LogP contribution in [0.1, 0.15) is 13.8 Å². The number of rotatable bonds is 1. The summed E-state index contributed by atoms with van der Waals surface area (Å²) in [6, 6.07) is 0. The average Bonchev–Trinajstić information content (AvgIpc) is 2.34. The minimum atomic E-state index is 0.318. The Balaban J connectivity index is 2.79. The van der Waals surface area contributed by atoms with Crippen LogP contribution in [0.2, 0.25) is 0 Å². The first-order chi connectivity index (χ1) is 5.24. The maximum atomic E-state index is 5.18. The predicted molar refractivity (Wildman–Crippen MR) is 43.7 cm³/mol. The zero-order valence-corrected chi connectivity index (χ0v) is 6.89. The number of hydrogen-bond acceptors (Lipinski definition) is 2. The molecule has 0 spiro atoms. The standard InChI is InChI=1S/C9H12O2/c1-4-8-9(5-7(2)3)11-6-10-8/h4-5H,2,6H2,1,3H3/b8-4+,9-5+. The van der Waals surface area contributed by atoms with Crippen LogP contribution in [0.15, 0.2) is 35.8 Å². The lowest BCUT2D eigenvalue weighted by atomic mass is 10.2. The Morgan fingerprint density at radius 2 is 2.09 bits per heavy atom. The molecule has 1 saturated heterocycles. The molecule has 0 aliphatic carbocycles. The van der Waals surface area contributed by atoms with E-state index in [1.54, 1.807) is 0 Å². The molecule has 1 fully saturated rings. The third-order valence-corrected chi connectivity index (χ3v) is 1.31. The Morgan fingerprint density at radius 1 is 1.45 bits per heavy atom. The fraction of sp³-hybridized carbons (Fsp3) is 0.333. The summed E-state index contributed by atoms with van der Waals surface area (Å²) < 4.78 is 10.3. The van der Waals surface area contributed by atoms with Crippen molar-refractivity contribution >= 4 is 0 Å². The van der Waals surface area contributed by atoms with E-state index < -0.39 is 0 Å². The molecule has 0 aromatic carbocycles. The fourth-order valence-corrected chi connectivity index (χ4v) is 0.861. The van der Waals surface area contributed by atoms with Crippen LogP contribution in [0.5, 0.6) is 0 Å². The van der Waals surface area contributed by atoms with E-state index in [-0.39, 0.29) is 0 Å². The second-order valence-corrected chi connectivity index (χ2v) is 2.41. The normalized spacial score (nSPS) is 23.5. The summed E-state index contributed by atoms with van der Waals surface area (Å²) in [4.78, 5) is 0. The first-order valence-corrected chi connectivity index (χ1v) is 3.53. The smallest absolute Gasteiger partial charge is 0.231 e. The van der Waals surface area contributed by atoms with E-state index in [9.17, 15) is 0 Å². The Labute approximate surface area is 66.8 Å². The molecule has 0 bridgehead atoms. The van der Waals surface area contributed by atoms with Crippen molar-refractivity contribution in [1.29, 1.82) is 0 Å². The van der Waals surface area contributed by atoms with Gasteiger partial charge < -0.3 is 9.47 Å². The molecule has 0 unspecified atom stereocenters. The van der Waals surface area contributed by atoms with Crippen LogP contribution in [0.25, 0.3) is 0 Å². The summed E-state index contributed by atoms with van der Waals surface area (Å²) in [7, 11) is 0. The predicted octanol–water partition coefficient (Wildman–Crippen LogP) is 2.35. The van der Waals surface area contributed by atoms with E-state index in [1.165, 1.54) is 0 Å². The maximum Gasteiger partial charge on any atom is 0.231 e. The number of ether oxygens (including phenoxy) is 2. The zero-order valence-electron chi connectivity index (χ0n) is 6.89. The molecule has 2 heteroatoms. The molecule has 0 amide bonds. The van der Waals surface area contributed by atoms with Gasteiger partial charge in [0.15, 0.2) is 11.5 Å². The molecule has 0 aromatic heterocycles. The lowest BCUT2D eigenvalue weighted by Crippen LogP contribution is -1.81. The second-order valence-electron chi connectivity index (χ2n) is 2.41. The molecule has 0 aromatic rings. The van der Waals surface area contributed by atoms with Crippen molar-refractivity contribution in [3.8, 4) is 0 Å². The third kappa shape index (κ3) is 1.87. The summed E-state index contributed by atoms with van der Waals surface area (Å²) in [6.07, 6.45) is 3.74. The van der Waals surface area contributed by atoms with Gasteiger partial charge in [-0.2, -0.15) is 0 Å². The monoisotopic (exact) mass is 152 g/mol. The van der Waals surface area contributed by atoms with Crippen molar-refractivity contribution in [2.45, 2.75) is 13.8 Å². The van der Waals surface area contributed by atoms with Gasteiger partial charge in [0.25, 0.3) is 0 Å². The van der Waals surface area contributed by atoms with Gasteiger partial charge >= 0.3 is 0 Å². The second kappa shape index (κ2) is 3.28. The van der Waals surface area contributed by atoms with E-state index in [0.29, 0.717) is 6.79 Å². The molecule has 60 valence electrons. The summed E-state index contributed by atoms with van der Waals surface area (Å²) in [5, 5.41) is 0. The van der Waals surface area contributed by atoms with Crippen molar-refractivity contribution < 1.29 is 9.47 Å². The highest BCUT2D eigenvalue weighted by Gasteiger charge is 2.14.